The minimum Gasteiger partial charge on any atom is -0.371 e. The Labute approximate surface area is 157 Å². The van der Waals surface area contributed by atoms with Gasteiger partial charge in [0.25, 0.3) is 0 Å². The highest BCUT2D eigenvalue weighted by atomic mass is 16.1. The van der Waals surface area contributed by atoms with Gasteiger partial charge in [-0.25, -0.2) is 0 Å². The number of hydrogen-bond donors (Lipinski definition) is 0. The van der Waals surface area contributed by atoms with Gasteiger partial charge in [-0.05, 0) is 42.0 Å². The maximum absolute atomic E-state index is 11.9. The molecule has 4 heteroatoms. The smallest absolute Gasteiger partial charge is 0.139 e. The first-order chi connectivity index (χ1) is 12.4. The molecule has 0 amide bonds. The Hall–Kier alpha value is -2.10. The fourth-order valence-electron chi connectivity index (χ4n) is 3.47. The Balaban J connectivity index is 1.56. The molecule has 1 aromatic carbocycles. The molecule has 0 radical (unpaired) electrons. The van der Waals surface area contributed by atoms with E-state index in [0.29, 0.717) is 24.2 Å². The lowest BCUT2D eigenvalue weighted by Crippen LogP contribution is -2.34. The number of rotatable bonds is 6. The van der Waals surface area contributed by atoms with Gasteiger partial charge in [0.1, 0.15) is 5.78 Å². The zero-order valence-corrected chi connectivity index (χ0v) is 16.5. The van der Waals surface area contributed by atoms with E-state index >= 15 is 0 Å². The van der Waals surface area contributed by atoms with Gasteiger partial charge in [0.15, 0.2) is 0 Å². The molecule has 1 fully saturated rings. The molecule has 0 N–H and O–H groups in total. The zero-order chi connectivity index (χ0) is 18.7. The minimum atomic E-state index is 0.104. The number of carbonyl (C=O) groups excluding carboxylic acids is 1. The molecule has 4 nitrogen and oxygen atoms in total. The summed E-state index contributed by atoms with van der Waals surface area (Å²) in [7, 11) is 0. The number of ketones is 1. The van der Waals surface area contributed by atoms with Gasteiger partial charge in [0.2, 0.25) is 0 Å². The number of aromatic nitrogens is 2. The van der Waals surface area contributed by atoms with Gasteiger partial charge in [-0.2, -0.15) is 5.10 Å². The van der Waals surface area contributed by atoms with E-state index in [9.17, 15) is 4.79 Å². The molecule has 2 aromatic rings. The SMILES string of the molecule is CC(C)C(=O)Cc1ccc(N2CCC(n3cc(C(C)C)cn3)CC2)cc1. The molecule has 0 unspecified atom stereocenters. The number of benzene rings is 1. The lowest BCUT2D eigenvalue weighted by Gasteiger charge is -2.33. The molecule has 0 saturated carbocycles. The summed E-state index contributed by atoms with van der Waals surface area (Å²) in [4.78, 5) is 14.3. The van der Waals surface area contributed by atoms with Crippen molar-refractivity contribution in [2.75, 3.05) is 18.0 Å². The van der Waals surface area contributed by atoms with Crippen LogP contribution in [0.25, 0.3) is 0 Å². The quantitative estimate of drug-likeness (QED) is 0.761. The third-order valence-corrected chi connectivity index (χ3v) is 5.45. The van der Waals surface area contributed by atoms with Crippen molar-refractivity contribution in [2.24, 2.45) is 5.92 Å². The number of carbonyl (C=O) groups is 1. The molecule has 2 heterocycles. The van der Waals surface area contributed by atoms with E-state index < -0.39 is 0 Å². The molecule has 0 bridgehead atoms. The topological polar surface area (TPSA) is 38.1 Å². The average Bonchev–Trinajstić information content (AvgIpc) is 3.13. The van der Waals surface area contributed by atoms with Crippen LogP contribution < -0.4 is 4.90 Å². The first-order valence-electron chi connectivity index (χ1n) is 9.84. The van der Waals surface area contributed by atoms with Crippen molar-refractivity contribution in [3.05, 3.63) is 47.8 Å². The molecule has 0 aliphatic carbocycles. The number of nitrogens with zero attached hydrogens (tertiary/aromatic N) is 3. The Kier molecular flexibility index (Phi) is 5.80. The van der Waals surface area contributed by atoms with Gasteiger partial charge >= 0.3 is 0 Å². The van der Waals surface area contributed by atoms with Crippen LogP contribution in [-0.4, -0.2) is 28.7 Å². The van der Waals surface area contributed by atoms with E-state index in [1.54, 1.807) is 0 Å². The number of anilines is 1. The van der Waals surface area contributed by atoms with Gasteiger partial charge in [-0.3, -0.25) is 9.48 Å². The zero-order valence-electron chi connectivity index (χ0n) is 16.5. The highest BCUT2D eigenvalue weighted by Gasteiger charge is 2.21. The van der Waals surface area contributed by atoms with Gasteiger partial charge in [-0.15, -0.1) is 0 Å². The Morgan fingerprint density at radius 1 is 1.12 bits per heavy atom. The first kappa shape index (κ1) is 18.7. The van der Waals surface area contributed by atoms with Gasteiger partial charge < -0.3 is 4.90 Å². The molecule has 0 spiro atoms. The van der Waals surface area contributed by atoms with Gasteiger partial charge in [0.05, 0.1) is 12.2 Å². The standard InChI is InChI=1S/C22H31N3O/c1-16(2)19-14-23-25(15-19)21-9-11-24(12-10-21)20-7-5-18(6-8-20)13-22(26)17(3)4/h5-8,14-17,21H,9-13H2,1-4H3. The monoisotopic (exact) mass is 353 g/mol. The summed E-state index contributed by atoms with van der Waals surface area (Å²) < 4.78 is 2.16. The lowest BCUT2D eigenvalue weighted by molar-refractivity contribution is -0.121. The molecule has 1 saturated heterocycles. The summed E-state index contributed by atoms with van der Waals surface area (Å²) in [5.74, 6) is 0.940. The lowest BCUT2D eigenvalue weighted by atomic mass is 10.00. The van der Waals surface area contributed by atoms with Crippen LogP contribution >= 0.6 is 0 Å². The largest absolute Gasteiger partial charge is 0.371 e. The van der Waals surface area contributed by atoms with Crippen LogP contribution in [0.3, 0.4) is 0 Å². The molecule has 1 aromatic heterocycles. The van der Waals surface area contributed by atoms with E-state index in [4.69, 9.17) is 0 Å². The molecule has 26 heavy (non-hydrogen) atoms. The van der Waals surface area contributed by atoms with Gasteiger partial charge in [0, 0.05) is 37.3 Å². The van der Waals surface area contributed by atoms with Crippen molar-refractivity contribution in [1.82, 2.24) is 9.78 Å². The summed E-state index contributed by atoms with van der Waals surface area (Å²) >= 11 is 0. The molecule has 0 atom stereocenters. The molecule has 1 aliphatic rings. The van der Waals surface area contributed by atoms with Crippen molar-refractivity contribution in [1.29, 1.82) is 0 Å². The third-order valence-electron chi connectivity index (χ3n) is 5.45. The van der Waals surface area contributed by atoms with Gasteiger partial charge in [-0.1, -0.05) is 39.8 Å². The predicted octanol–water partition coefficient (Wildman–Crippen LogP) is 4.62. The first-order valence-corrected chi connectivity index (χ1v) is 9.84. The third kappa shape index (κ3) is 4.35. The second-order valence-electron chi connectivity index (χ2n) is 8.09. The highest BCUT2D eigenvalue weighted by Crippen LogP contribution is 2.27. The Bertz CT molecular complexity index is 722. The van der Waals surface area contributed by atoms with Crippen LogP contribution in [-0.2, 0) is 11.2 Å². The van der Waals surface area contributed by atoms with Crippen LogP contribution in [0.1, 0.15) is 63.6 Å². The second kappa shape index (κ2) is 8.07. The molecule has 140 valence electrons. The van der Waals surface area contributed by atoms with Crippen LogP contribution in [0.15, 0.2) is 36.7 Å². The minimum absolute atomic E-state index is 0.104. The average molecular weight is 354 g/mol. The van der Waals surface area contributed by atoms with Crippen LogP contribution in [0.2, 0.25) is 0 Å². The maximum atomic E-state index is 11.9. The number of piperidine rings is 1. The molecule has 1 aliphatic heterocycles. The van der Waals surface area contributed by atoms with E-state index in [0.717, 1.165) is 31.5 Å². The summed E-state index contributed by atoms with van der Waals surface area (Å²) in [5.41, 5.74) is 3.69. The Morgan fingerprint density at radius 3 is 2.31 bits per heavy atom. The predicted molar refractivity (Wildman–Crippen MR) is 107 cm³/mol. The Morgan fingerprint density at radius 2 is 1.77 bits per heavy atom. The van der Waals surface area contributed by atoms with Crippen molar-refractivity contribution in [3.63, 3.8) is 0 Å². The van der Waals surface area contributed by atoms with E-state index in [1.165, 1.54) is 11.3 Å². The fraction of sp³-hybridized carbons (Fsp3) is 0.545. The maximum Gasteiger partial charge on any atom is 0.139 e. The van der Waals surface area contributed by atoms with Crippen molar-refractivity contribution >= 4 is 11.5 Å². The van der Waals surface area contributed by atoms with Crippen molar-refractivity contribution < 1.29 is 4.79 Å². The van der Waals surface area contributed by atoms with Crippen LogP contribution in [0, 0.1) is 5.92 Å². The van der Waals surface area contributed by atoms with Crippen LogP contribution in [0.5, 0.6) is 0 Å². The fourth-order valence-corrected chi connectivity index (χ4v) is 3.47. The summed E-state index contributed by atoms with van der Waals surface area (Å²) in [6.45, 7) is 10.4. The number of Topliss-reactive ketones (excluding diaryl/α,β-unsaturated/α-hetero) is 1. The molecular weight excluding hydrogens is 322 g/mol. The molecular formula is C22H31N3O. The summed E-state index contributed by atoms with van der Waals surface area (Å²) in [6, 6.07) is 9.03. The number of hydrogen-bond acceptors (Lipinski definition) is 3. The highest BCUT2D eigenvalue weighted by molar-refractivity contribution is 5.82. The summed E-state index contributed by atoms with van der Waals surface area (Å²) in [6.07, 6.45) is 7.00. The van der Waals surface area contributed by atoms with E-state index in [1.807, 2.05) is 20.0 Å². The van der Waals surface area contributed by atoms with Crippen molar-refractivity contribution in [2.45, 2.75) is 58.9 Å². The summed E-state index contributed by atoms with van der Waals surface area (Å²) in [5, 5.41) is 4.58. The van der Waals surface area contributed by atoms with Crippen LogP contribution in [0.4, 0.5) is 5.69 Å². The molecule has 3 rings (SSSR count). The van der Waals surface area contributed by atoms with E-state index in [2.05, 4.69) is 59.0 Å². The van der Waals surface area contributed by atoms with Crippen molar-refractivity contribution in [3.8, 4) is 0 Å². The normalized spacial score (nSPS) is 15.8. The second-order valence-corrected chi connectivity index (χ2v) is 8.09. The van der Waals surface area contributed by atoms with E-state index in [-0.39, 0.29) is 5.92 Å².